The molecule has 0 bridgehead atoms. The number of nitriles is 2. The van der Waals surface area contributed by atoms with Gasteiger partial charge in [-0.25, -0.2) is 0 Å². The summed E-state index contributed by atoms with van der Waals surface area (Å²) in [5.41, 5.74) is 3.65. The van der Waals surface area contributed by atoms with E-state index in [-0.39, 0.29) is 0 Å². The van der Waals surface area contributed by atoms with Crippen LogP contribution in [0.3, 0.4) is 0 Å². The fourth-order valence-electron chi connectivity index (χ4n) is 2.90. The molecule has 0 heterocycles. The zero-order valence-electron chi connectivity index (χ0n) is 17.7. The molecule has 2 heteroatoms. The fourth-order valence-corrected chi connectivity index (χ4v) is 2.90. The smallest absolute Gasteiger partial charge is 0.0992 e. The molecule has 3 aromatic rings. The van der Waals surface area contributed by atoms with Crippen LogP contribution in [0, 0.1) is 22.7 Å². The van der Waals surface area contributed by atoms with Crippen molar-refractivity contribution in [3.05, 3.63) is 82.9 Å². The molecular formula is C26H30N2. The van der Waals surface area contributed by atoms with Crippen molar-refractivity contribution in [2.45, 2.75) is 53.4 Å². The number of rotatable bonds is 3. The van der Waals surface area contributed by atoms with Gasteiger partial charge in [0.25, 0.3) is 0 Å². The normalized spacial score (nSPS) is 10.4. The quantitative estimate of drug-likeness (QED) is 0.483. The monoisotopic (exact) mass is 370 g/mol. The summed E-state index contributed by atoms with van der Waals surface area (Å²) in [5, 5.41) is 20.3. The Labute approximate surface area is 170 Å². The van der Waals surface area contributed by atoms with Crippen LogP contribution in [-0.2, 0) is 6.42 Å². The predicted octanol–water partition coefficient (Wildman–Crippen LogP) is 7.37. The molecule has 0 aromatic heterocycles. The van der Waals surface area contributed by atoms with Gasteiger partial charge in [0.05, 0.1) is 23.3 Å². The van der Waals surface area contributed by atoms with E-state index in [1.54, 1.807) is 6.07 Å². The largest absolute Gasteiger partial charge is 0.192 e. The van der Waals surface area contributed by atoms with Crippen LogP contribution in [0.2, 0.25) is 0 Å². The summed E-state index contributed by atoms with van der Waals surface area (Å²) in [6, 6.07) is 24.5. The average Bonchev–Trinajstić information content (AvgIpc) is 2.79. The molecule has 3 aromatic carbocycles. The summed E-state index contributed by atoms with van der Waals surface area (Å²) in [6.07, 6.45) is 2.13. The number of fused-ring (bicyclic) bond motifs is 1. The van der Waals surface area contributed by atoms with Crippen molar-refractivity contribution < 1.29 is 0 Å². The molecule has 3 rings (SSSR count). The Balaban J connectivity index is 0.000000259. The van der Waals surface area contributed by atoms with Gasteiger partial charge in [0, 0.05) is 0 Å². The van der Waals surface area contributed by atoms with Gasteiger partial charge in [0.15, 0.2) is 0 Å². The van der Waals surface area contributed by atoms with Gasteiger partial charge in [0.2, 0.25) is 0 Å². The van der Waals surface area contributed by atoms with E-state index in [0.717, 1.165) is 18.4 Å². The lowest BCUT2D eigenvalue weighted by Crippen LogP contribution is -1.93. The van der Waals surface area contributed by atoms with Gasteiger partial charge in [-0.05, 0) is 58.9 Å². The van der Waals surface area contributed by atoms with Crippen molar-refractivity contribution in [3.8, 4) is 12.1 Å². The average molecular weight is 371 g/mol. The topological polar surface area (TPSA) is 47.6 Å². The minimum atomic E-state index is 0.399. The molecule has 28 heavy (non-hydrogen) atoms. The molecule has 0 aliphatic rings. The molecule has 0 aliphatic heterocycles. The first kappa shape index (κ1) is 22.9. The molecule has 144 valence electrons. The zero-order valence-corrected chi connectivity index (χ0v) is 17.7. The number of hydrogen-bond acceptors (Lipinski definition) is 2. The van der Waals surface area contributed by atoms with Crippen LogP contribution < -0.4 is 0 Å². The molecule has 0 radical (unpaired) electrons. The van der Waals surface area contributed by atoms with Gasteiger partial charge in [0.1, 0.15) is 0 Å². The van der Waals surface area contributed by atoms with E-state index in [2.05, 4.69) is 75.4 Å². The molecule has 0 aliphatic carbocycles. The maximum absolute atomic E-state index is 8.78. The van der Waals surface area contributed by atoms with Gasteiger partial charge in [-0.1, -0.05) is 77.1 Å². The third-order valence-corrected chi connectivity index (χ3v) is 4.66. The second-order valence-corrected chi connectivity index (χ2v) is 6.37. The maximum Gasteiger partial charge on any atom is 0.0992 e. The molecule has 0 N–H and O–H groups in total. The molecule has 1 atom stereocenters. The number of aryl methyl sites for hydroxylation is 1. The van der Waals surface area contributed by atoms with Gasteiger partial charge in [-0.3, -0.25) is 0 Å². The first-order valence-corrected chi connectivity index (χ1v) is 10.0. The first-order valence-electron chi connectivity index (χ1n) is 10.0. The second kappa shape index (κ2) is 12.3. The van der Waals surface area contributed by atoms with Crippen LogP contribution in [0.1, 0.15) is 69.2 Å². The molecular weight excluding hydrogens is 340 g/mol. The Bertz CT molecular complexity index is 921. The zero-order chi connectivity index (χ0) is 20.9. The summed E-state index contributed by atoms with van der Waals surface area (Å²) in [5.74, 6) is 0.399. The Kier molecular flexibility index (Phi) is 10.1. The third kappa shape index (κ3) is 6.26. The summed E-state index contributed by atoms with van der Waals surface area (Å²) in [4.78, 5) is 0. The number of hydrogen-bond donors (Lipinski definition) is 0. The highest BCUT2D eigenvalue weighted by molar-refractivity contribution is 5.85. The molecule has 0 saturated heterocycles. The molecule has 2 nitrogen and oxygen atoms in total. The van der Waals surface area contributed by atoms with E-state index in [1.165, 1.54) is 16.3 Å². The highest BCUT2D eigenvalue weighted by Crippen LogP contribution is 2.21. The van der Waals surface area contributed by atoms with Crippen molar-refractivity contribution in [3.63, 3.8) is 0 Å². The van der Waals surface area contributed by atoms with Crippen LogP contribution in [0.5, 0.6) is 0 Å². The van der Waals surface area contributed by atoms with Gasteiger partial charge < -0.3 is 0 Å². The third-order valence-electron chi connectivity index (χ3n) is 4.66. The Morgan fingerprint density at radius 2 is 1.39 bits per heavy atom. The van der Waals surface area contributed by atoms with Gasteiger partial charge in [-0.15, -0.1) is 0 Å². The van der Waals surface area contributed by atoms with E-state index in [9.17, 15) is 0 Å². The summed E-state index contributed by atoms with van der Waals surface area (Å²) >= 11 is 0. The molecule has 0 spiro atoms. The van der Waals surface area contributed by atoms with Crippen LogP contribution in [0.15, 0.2) is 60.7 Å². The standard InChI is InChI=1S/C12H12N2.C12H12.C2H6/c1-3-9(2)12-5-10(7-13)4-11(6-12)8-14;1-2-10-7-5-8-11-6-3-4-9-12(10)11;1-2/h4-6,9H,3H2,1-2H3;3-9H,2H2,1H3;1-2H3. The van der Waals surface area contributed by atoms with Crippen molar-refractivity contribution in [2.75, 3.05) is 0 Å². The Morgan fingerprint density at radius 1 is 0.821 bits per heavy atom. The number of nitrogens with zero attached hydrogens (tertiary/aromatic N) is 2. The van der Waals surface area contributed by atoms with E-state index < -0.39 is 0 Å². The lowest BCUT2D eigenvalue weighted by Gasteiger charge is -2.09. The van der Waals surface area contributed by atoms with Crippen molar-refractivity contribution in [1.29, 1.82) is 10.5 Å². The molecule has 0 amide bonds. The summed E-state index contributed by atoms with van der Waals surface area (Å²) in [6.45, 7) is 10.4. The molecule has 0 fully saturated rings. The highest BCUT2D eigenvalue weighted by Gasteiger charge is 2.06. The van der Waals surface area contributed by atoms with Crippen molar-refractivity contribution in [1.82, 2.24) is 0 Å². The minimum Gasteiger partial charge on any atom is -0.192 e. The molecule has 1 unspecified atom stereocenters. The predicted molar refractivity (Wildman–Crippen MR) is 119 cm³/mol. The summed E-state index contributed by atoms with van der Waals surface area (Å²) in [7, 11) is 0. The van der Waals surface area contributed by atoms with Crippen LogP contribution in [-0.4, -0.2) is 0 Å². The maximum atomic E-state index is 8.78. The highest BCUT2D eigenvalue weighted by atomic mass is 14.3. The lowest BCUT2D eigenvalue weighted by atomic mass is 9.95. The van der Waals surface area contributed by atoms with Crippen molar-refractivity contribution >= 4 is 10.8 Å². The SMILES string of the molecule is CC.CCC(C)c1cc(C#N)cc(C#N)c1.CCc1cccc2ccccc12. The van der Waals surface area contributed by atoms with Crippen LogP contribution >= 0.6 is 0 Å². The van der Waals surface area contributed by atoms with Crippen LogP contribution in [0.25, 0.3) is 10.8 Å². The van der Waals surface area contributed by atoms with E-state index in [4.69, 9.17) is 10.5 Å². The fraction of sp³-hybridized carbons (Fsp3) is 0.308. The lowest BCUT2D eigenvalue weighted by molar-refractivity contribution is 0.733. The number of benzene rings is 3. The van der Waals surface area contributed by atoms with Crippen LogP contribution in [0.4, 0.5) is 0 Å². The Hall–Kier alpha value is -3.10. The molecule has 0 saturated carbocycles. The van der Waals surface area contributed by atoms with Gasteiger partial charge in [-0.2, -0.15) is 10.5 Å². The Morgan fingerprint density at radius 3 is 1.93 bits per heavy atom. The summed E-state index contributed by atoms with van der Waals surface area (Å²) < 4.78 is 0. The van der Waals surface area contributed by atoms with Gasteiger partial charge >= 0.3 is 0 Å². The van der Waals surface area contributed by atoms with Crippen molar-refractivity contribution in [2.24, 2.45) is 0 Å². The van der Waals surface area contributed by atoms with E-state index in [1.807, 2.05) is 26.0 Å². The van der Waals surface area contributed by atoms with E-state index >= 15 is 0 Å². The second-order valence-electron chi connectivity index (χ2n) is 6.37. The van der Waals surface area contributed by atoms with E-state index in [0.29, 0.717) is 17.0 Å². The minimum absolute atomic E-state index is 0.399. The first-order chi connectivity index (χ1) is 13.6.